The van der Waals surface area contributed by atoms with Crippen molar-refractivity contribution >= 4 is 34.8 Å². The second-order valence-corrected chi connectivity index (χ2v) is 6.20. The largest absolute Gasteiger partial charge is 0.495 e. The monoisotopic (exact) mass is 322 g/mol. The minimum absolute atomic E-state index is 0.158. The Morgan fingerprint density at radius 2 is 2.05 bits per heavy atom. The molecule has 1 aliphatic rings. The van der Waals surface area contributed by atoms with Crippen molar-refractivity contribution in [2.24, 2.45) is 11.8 Å². The molecule has 19 heavy (non-hydrogen) atoms. The Balaban J connectivity index is 2.27. The van der Waals surface area contributed by atoms with Crippen LogP contribution in [0.25, 0.3) is 0 Å². The van der Waals surface area contributed by atoms with Crippen LogP contribution < -0.4 is 4.74 Å². The summed E-state index contributed by atoms with van der Waals surface area (Å²) in [6.07, 6.45) is 0.940. The summed E-state index contributed by atoms with van der Waals surface area (Å²) in [7, 11) is 1.57. The maximum absolute atomic E-state index is 6.61. The maximum Gasteiger partial charge on any atom is 0.138 e. The van der Waals surface area contributed by atoms with E-state index in [1.807, 2.05) is 6.07 Å². The Hall–Kier alpha value is -0.150. The zero-order valence-corrected chi connectivity index (χ0v) is 13.2. The van der Waals surface area contributed by atoms with Crippen molar-refractivity contribution in [3.8, 4) is 5.75 Å². The van der Waals surface area contributed by atoms with Gasteiger partial charge in [-0.2, -0.15) is 0 Å². The van der Waals surface area contributed by atoms with E-state index in [2.05, 4.69) is 6.92 Å². The van der Waals surface area contributed by atoms with E-state index in [1.165, 1.54) is 0 Å². The molecule has 1 saturated heterocycles. The second-order valence-electron chi connectivity index (χ2n) is 4.91. The molecule has 0 bridgehead atoms. The van der Waals surface area contributed by atoms with Crippen LogP contribution in [0.3, 0.4) is 0 Å². The zero-order chi connectivity index (χ0) is 14.0. The highest BCUT2D eigenvalue weighted by Gasteiger charge is 2.31. The van der Waals surface area contributed by atoms with Gasteiger partial charge < -0.3 is 9.47 Å². The van der Waals surface area contributed by atoms with Crippen molar-refractivity contribution in [2.45, 2.75) is 18.7 Å². The van der Waals surface area contributed by atoms with Crippen LogP contribution in [0, 0.1) is 11.8 Å². The zero-order valence-electron chi connectivity index (χ0n) is 11.0. The Morgan fingerprint density at radius 1 is 1.32 bits per heavy atom. The van der Waals surface area contributed by atoms with Crippen LogP contribution in [0.15, 0.2) is 12.1 Å². The standard InChI is InChI=1S/C14H17Cl3O2/c1-8-7-19-4-3-9(8)14(17)10-5-12(16)13(18-2)6-11(10)15/h5-6,8-9,14H,3-4,7H2,1-2H3. The summed E-state index contributed by atoms with van der Waals surface area (Å²) < 4.78 is 10.6. The van der Waals surface area contributed by atoms with Gasteiger partial charge in [-0.3, -0.25) is 0 Å². The van der Waals surface area contributed by atoms with Crippen molar-refractivity contribution in [1.82, 2.24) is 0 Å². The molecule has 1 heterocycles. The van der Waals surface area contributed by atoms with E-state index in [0.29, 0.717) is 27.6 Å². The van der Waals surface area contributed by atoms with Crippen molar-refractivity contribution in [3.63, 3.8) is 0 Å². The molecule has 0 aromatic heterocycles. The van der Waals surface area contributed by atoms with Crippen molar-refractivity contribution in [3.05, 3.63) is 27.7 Å². The van der Waals surface area contributed by atoms with Crippen LogP contribution in [-0.2, 0) is 4.74 Å². The van der Waals surface area contributed by atoms with Gasteiger partial charge in [-0.1, -0.05) is 30.1 Å². The smallest absolute Gasteiger partial charge is 0.138 e. The highest BCUT2D eigenvalue weighted by Crippen LogP contribution is 2.43. The fraction of sp³-hybridized carbons (Fsp3) is 0.571. The molecule has 2 rings (SSSR count). The number of hydrogen-bond donors (Lipinski definition) is 0. The summed E-state index contributed by atoms with van der Waals surface area (Å²) in [5.74, 6) is 1.32. The Morgan fingerprint density at radius 3 is 2.68 bits per heavy atom. The highest BCUT2D eigenvalue weighted by molar-refractivity contribution is 6.35. The molecule has 1 aromatic rings. The van der Waals surface area contributed by atoms with Gasteiger partial charge in [0.2, 0.25) is 0 Å². The third-order valence-electron chi connectivity index (χ3n) is 3.65. The number of alkyl halides is 1. The van der Waals surface area contributed by atoms with E-state index in [9.17, 15) is 0 Å². The number of methoxy groups -OCH3 is 1. The first-order valence-corrected chi connectivity index (χ1v) is 7.48. The molecule has 3 unspecified atom stereocenters. The molecular formula is C14H17Cl3O2. The van der Waals surface area contributed by atoms with E-state index in [4.69, 9.17) is 44.3 Å². The first kappa shape index (κ1) is 15.2. The lowest BCUT2D eigenvalue weighted by atomic mass is 9.84. The van der Waals surface area contributed by atoms with Crippen molar-refractivity contribution in [2.75, 3.05) is 20.3 Å². The molecule has 3 atom stereocenters. The van der Waals surface area contributed by atoms with Gasteiger partial charge in [0.25, 0.3) is 0 Å². The molecule has 106 valence electrons. The third kappa shape index (κ3) is 3.30. The van der Waals surface area contributed by atoms with Crippen LogP contribution in [0.2, 0.25) is 10.0 Å². The van der Waals surface area contributed by atoms with Gasteiger partial charge in [0, 0.05) is 24.3 Å². The first-order valence-electron chi connectivity index (χ1n) is 6.29. The molecule has 0 amide bonds. The lowest BCUT2D eigenvalue weighted by Crippen LogP contribution is -2.28. The summed E-state index contributed by atoms with van der Waals surface area (Å²) in [5, 5.41) is 0.974. The molecular weight excluding hydrogens is 307 g/mol. The van der Waals surface area contributed by atoms with Crippen molar-refractivity contribution in [1.29, 1.82) is 0 Å². The minimum atomic E-state index is -0.158. The van der Waals surface area contributed by atoms with E-state index in [1.54, 1.807) is 13.2 Å². The SMILES string of the molecule is COc1cc(Cl)c(C(Cl)C2CCOCC2C)cc1Cl. The van der Waals surface area contributed by atoms with Gasteiger partial charge in [-0.15, -0.1) is 11.6 Å². The van der Waals surface area contributed by atoms with E-state index < -0.39 is 0 Å². The number of ether oxygens (including phenoxy) is 2. The fourth-order valence-corrected chi connectivity index (χ4v) is 3.61. The molecule has 0 aliphatic carbocycles. The molecule has 0 radical (unpaired) electrons. The number of rotatable bonds is 3. The predicted octanol–water partition coefficient (Wildman–Crippen LogP) is 4.95. The van der Waals surface area contributed by atoms with Gasteiger partial charge in [-0.25, -0.2) is 0 Å². The predicted molar refractivity (Wildman–Crippen MR) is 79.7 cm³/mol. The summed E-state index contributed by atoms with van der Waals surface area (Å²) in [6.45, 7) is 3.65. The topological polar surface area (TPSA) is 18.5 Å². The minimum Gasteiger partial charge on any atom is -0.495 e. The highest BCUT2D eigenvalue weighted by atomic mass is 35.5. The lowest BCUT2D eigenvalue weighted by molar-refractivity contribution is 0.0228. The van der Waals surface area contributed by atoms with Crippen LogP contribution >= 0.6 is 34.8 Å². The van der Waals surface area contributed by atoms with Gasteiger partial charge in [0.05, 0.1) is 17.5 Å². The fourth-order valence-electron chi connectivity index (χ4n) is 2.47. The van der Waals surface area contributed by atoms with Crippen LogP contribution in [0.5, 0.6) is 5.75 Å². The Bertz CT molecular complexity index is 451. The van der Waals surface area contributed by atoms with Crippen molar-refractivity contribution < 1.29 is 9.47 Å². The van der Waals surface area contributed by atoms with Gasteiger partial charge in [-0.05, 0) is 29.9 Å². The summed E-state index contributed by atoms with van der Waals surface area (Å²) in [4.78, 5) is 0. The maximum atomic E-state index is 6.61. The number of hydrogen-bond acceptors (Lipinski definition) is 2. The molecule has 2 nitrogen and oxygen atoms in total. The Kier molecular flexibility index (Phi) is 5.24. The molecule has 1 fully saturated rings. The van der Waals surface area contributed by atoms with Crippen LogP contribution in [0.1, 0.15) is 24.3 Å². The quantitative estimate of drug-likeness (QED) is 0.732. The van der Waals surface area contributed by atoms with Gasteiger partial charge in [0.1, 0.15) is 5.75 Å². The Labute approximate surface area is 128 Å². The number of benzene rings is 1. The van der Waals surface area contributed by atoms with Crippen LogP contribution in [0.4, 0.5) is 0 Å². The normalized spacial score (nSPS) is 25.1. The summed E-state index contributed by atoms with van der Waals surface area (Å²) in [6, 6.07) is 3.53. The molecule has 1 aliphatic heterocycles. The molecule has 1 aromatic carbocycles. The van der Waals surface area contributed by atoms with E-state index in [-0.39, 0.29) is 5.38 Å². The summed E-state index contributed by atoms with van der Waals surface area (Å²) in [5.41, 5.74) is 0.868. The molecule has 5 heteroatoms. The van der Waals surface area contributed by atoms with E-state index >= 15 is 0 Å². The van der Waals surface area contributed by atoms with Gasteiger partial charge in [0.15, 0.2) is 0 Å². The summed E-state index contributed by atoms with van der Waals surface area (Å²) >= 11 is 19.1. The molecule has 0 spiro atoms. The van der Waals surface area contributed by atoms with Gasteiger partial charge >= 0.3 is 0 Å². The second kappa shape index (κ2) is 6.53. The molecule has 0 N–H and O–H groups in total. The average Bonchev–Trinajstić information content (AvgIpc) is 2.40. The van der Waals surface area contributed by atoms with Crippen LogP contribution in [-0.4, -0.2) is 20.3 Å². The molecule has 0 saturated carbocycles. The lowest BCUT2D eigenvalue weighted by Gasteiger charge is -2.32. The third-order valence-corrected chi connectivity index (χ3v) is 4.83. The average molecular weight is 324 g/mol. The first-order chi connectivity index (χ1) is 9.04. The van der Waals surface area contributed by atoms with E-state index in [0.717, 1.165) is 25.2 Å². The number of halogens is 3.